The van der Waals surface area contributed by atoms with Gasteiger partial charge < -0.3 is 30.2 Å². The van der Waals surface area contributed by atoms with Gasteiger partial charge in [-0.15, -0.1) is 0 Å². The van der Waals surface area contributed by atoms with Crippen LogP contribution in [-0.4, -0.2) is 84.8 Å². The highest BCUT2D eigenvalue weighted by Gasteiger charge is 2.38. The zero-order chi connectivity index (χ0) is 38.5. The number of nitrogens with one attached hydrogen (secondary N) is 2. The summed E-state index contributed by atoms with van der Waals surface area (Å²) in [5.74, 6) is 1.41. The van der Waals surface area contributed by atoms with Crippen molar-refractivity contribution in [3.8, 4) is 33.6 Å². The lowest BCUT2D eigenvalue weighted by Gasteiger charge is -2.34. The number of likely N-dealkylation sites (N-methyl/N-ethyl adjacent to an activating group) is 1. The lowest BCUT2D eigenvalue weighted by Crippen LogP contribution is -2.43. The average molecular weight is 743 g/mol. The molecule has 2 saturated heterocycles. The van der Waals surface area contributed by atoms with Crippen LogP contribution in [-0.2, 0) is 14.3 Å². The zero-order valence-corrected chi connectivity index (χ0v) is 31.8. The second-order valence-electron chi connectivity index (χ2n) is 14.3. The summed E-state index contributed by atoms with van der Waals surface area (Å²) < 4.78 is 5.07. The number of hydrogen-bond acceptors (Lipinski definition) is 7. The second-order valence-corrected chi connectivity index (χ2v) is 14.3. The van der Waals surface area contributed by atoms with Gasteiger partial charge in [0.25, 0.3) is 5.91 Å². The van der Waals surface area contributed by atoms with Crippen LogP contribution in [0.15, 0.2) is 91.3 Å². The Morgan fingerprint density at radius 2 is 1.20 bits per heavy atom. The Bertz CT molecular complexity index is 2070. The number of aromatic nitrogens is 4. The molecule has 0 radical (unpaired) electrons. The first-order valence-electron chi connectivity index (χ1n) is 19.5. The van der Waals surface area contributed by atoms with Crippen LogP contribution in [0.3, 0.4) is 0 Å². The molecule has 55 heavy (non-hydrogen) atoms. The third-order valence-corrected chi connectivity index (χ3v) is 11.1. The molecule has 2 aliphatic heterocycles. The van der Waals surface area contributed by atoms with E-state index in [1.165, 1.54) is 0 Å². The third kappa shape index (κ3) is 7.91. The Hall–Kier alpha value is -5.75. The molecule has 286 valence electrons. The van der Waals surface area contributed by atoms with Crippen molar-refractivity contribution in [2.45, 2.75) is 77.1 Å². The standard InChI is InChI=1S/C43H50N8O4/c1-4-37(55-43(44)54)41(52)50-24-10-14-35(50)39-45-26-33(47-39)30-20-16-28(17-21-30)29-18-22-31(23-19-29)34-27-46-40(48-34)36-15-11-25-51(36)42(53)38(49(5-2)6-3)32-12-8-7-9-13-32/h7-9,12-13,16-23,26-27,35-38H,4-6,10-11,14-15,24-25H2,1-3H3,(H2,44,54)(H,45,47)(H,46,48)/t35-,36-,37+,38+/m0/s1. The predicted molar refractivity (Wildman–Crippen MR) is 211 cm³/mol. The van der Waals surface area contributed by atoms with Gasteiger partial charge in [0, 0.05) is 13.1 Å². The third-order valence-electron chi connectivity index (χ3n) is 11.1. The summed E-state index contributed by atoms with van der Waals surface area (Å²) in [5.41, 5.74) is 12.2. The lowest BCUT2D eigenvalue weighted by molar-refractivity contribution is -0.141. The largest absolute Gasteiger partial charge is 0.436 e. The maximum atomic E-state index is 14.2. The summed E-state index contributed by atoms with van der Waals surface area (Å²) in [4.78, 5) is 61.1. The van der Waals surface area contributed by atoms with Gasteiger partial charge in [-0.05, 0) is 73.0 Å². The van der Waals surface area contributed by atoms with Crippen LogP contribution in [0.4, 0.5) is 4.79 Å². The Morgan fingerprint density at radius 3 is 1.65 bits per heavy atom. The zero-order valence-electron chi connectivity index (χ0n) is 31.8. The van der Waals surface area contributed by atoms with Gasteiger partial charge in [-0.1, -0.05) is 99.6 Å². The SMILES string of the molecule is CC[C@@H](OC(N)=O)C(=O)N1CCC[C@H]1c1ncc(-c2ccc(-c3ccc(-c4cnc([C@@H]5CCCN5C(=O)[C@@H](c5ccccc5)N(CC)CC)[nH]4)cc3)cc2)[nH]1. The molecule has 12 nitrogen and oxygen atoms in total. The monoisotopic (exact) mass is 742 g/mol. The molecule has 0 unspecified atom stereocenters. The van der Waals surface area contributed by atoms with Gasteiger partial charge in [-0.3, -0.25) is 14.5 Å². The van der Waals surface area contributed by atoms with Crippen LogP contribution >= 0.6 is 0 Å². The van der Waals surface area contributed by atoms with Gasteiger partial charge in [0.2, 0.25) is 5.91 Å². The normalized spacial score (nSPS) is 18.1. The summed E-state index contributed by atoms with van der Waals surface area (Å²) in [7, 11) is 0. The smallest absolute Gasteiger partial charge is 0.405 e. The summed E-state index contributed by atoms with van der Waals surface area (Å²) in [5, 5.41) is 0. The van der Waals surface area contributed by atoms with Crippen molar-refractivity contribution < 1.29 is 19.1 Å². The van der Waals surface area contributed by atoms with Crippen molar-refractivity contribution in [3.05, 3.63) is 108 Å². The molecule has 7 rings (SSSR count). The summed E-state index contributed by atoms with van der Waals surface area (Å²) in [6.07, 6.45) is 5.58. The highest BCUT2D eigenvalue weighted by atomic mass is 16.6. The molecule has 0 spiro atoms. The van der Waals surface area contributed by atoms with Gasteiger partial charge >= 0.3 is 6.09 Å². The van der Waals surface area contributed by atoms with Crippen molar-refractivity contribution >= 4 is 17.9 Å². The Balaban J connectivity index is 1.02. The number of imidazole rings is 2. The molecular weight excluding hydrogens is 693 g/mol. The number of rotatable bonds is 13. The minimum Gasteiger partial charge on any atom is -0.436 e. The number of ether oxygens (including phenoxy) is 1. The number of amides is 3. The first-order chi connectivity index (χ1) is 26.8. The van der Waals surface area contributed by atoms with Crippen LogP contribution < -0.4 is 5.73 Å². The van der Waals surface area contributed by atoms with Crippen LogP contribution in [0.5, 0.6) is 0 Å². The molecule has 12 heteroatoms. The number of carbonyl (C=O) groups is 3. The molecule has 3 aromatic carbocycles. The fraction of sp³-hybridized carbons (Fsp3) is 0.372. The molecule has 0 aliphatic carbocycles. The van der Waals surface area contributed by atoms with E-state index in [9.17, 15) is 14.4 Å². The molecule has 4 N–H and O–H groups in total. The van der Waals surface area contributed by atoms with Crippen molar-refractivity contribution in [2.24, 2.45) is 5.73 Å². The highest BCUT2D eigenvalue weighted by molar-refractivity contribution is 5.84. The fourth-order valence-electron chi connectivity index (χ4n) is 8.14. The molecule has 4 heterocycles. The van der Waals surface area contributed by atoms with Gasteiger partial charge in [0.15, 0.2) is 6.10 Å². The molecule has 2 fully saturated rings. The van der Waals surface area contributed by atoms with E-state index in [1.54, 1.807) is 18.0 Å². The van der Waals surface area contributed by atoms with E-state index in [0.717, 1.165) is 83.8 Å². The second kappa shape index (κ2) is 16.7. The number of benzene rings is 3. The van der Waals surface area contributed by atoms with Crippen molar-refractivity contribution in [3.63, 3.8) is 0 Å². The van der Waals surface area contributed by atoms with E-state index in [4.69, 9.17) is 15.5 Å². The van der Waals surface area contributed by atoms with E-state index in [-0.39, 0.29) is 29.9 Å². The molecular formula is C43H50N8O4. The highest BCUT2D eigenvalue weighted by Crippen LogP contribution is 2.36. The van der Waals surface area contributed by atoms with Crippen molar-refractivity contribution in [2.75, 3.05) is 26.2 Å². The molecule has 5 aromatic rings. The molecule has 0 saturated carbocycles. The Kier molecular flexibility index (Phi) is 11.4. The number of aromatic amines is 2. The summed E-state index contributed by atoms with van der Waals surface area (Å²) in [6, 6.07) is 26.2. The minimum absolute atomic E-state index is 0.0948. The van der Waals surface area contributed by atoms with E-state index in [2.05, 4.69) is 94.4 Å². The summed E-state index contributed by atoms with van der Waals surface area (Å²) >= 11 is 0. The van der Waals surface area contributed by atoms with E-state index < -0.39 is 12.2 Å². The molecule has 0 bridgehead atoms. The fourth-order valence-corrected chi connectivity index (χ4v) is 8.14. The molecule has 3 amide bonds. The van der Waals surface area contributed by atoms with E-state index >= 15 is 0 Å². The first kappa shape index (κ1) is 37.6. The van der Waals surface area contributed by atoms with Gasteiger partial charge in [-0.25, -0.2) is 14.8 Å². The van der Waals surface area contributed by atoms with Crippen LogP contribution in [0, 0.1) is 0 Å². The molecule has 2 aliphatic rings. The minimum atomic E-state index is -0.951. The number of H-pyrrole nitrogens is 2. The maximum absolute atomic E-state index is 14.2. The van der Waals surface area contributed by atoms with Gasteiger partial charge in [0.05, 0.1) is 35.9 Å². The summed E-state index contributed by atoms with van der Waals surface area (Å²) in [6.45, 7) is 8.87. The Labute approximate surface area is 322 Å². The molecule has 2 aromatic heterocycles. The predicted octanol–water partition coefficient (Wildman–Crippen LogP) is 7.42. The van der Waals surface area contributed by atoms with Crippen molar-refractivity contribution in [1.29, 1.82) is 0 Å². The van der Waals surface area contributed by atoms with Crippen LogP contribution in [0.25, 0.3) is 33.6 Å². The number of nitrogens with zero attached hydrogens (tertiary/aromatic N) is 5. The number of carbonyl (C=O) groups excluding carboxylic acids is 3. The van der Waals surface area contributed by atoms with Gasteiger partial charge in [0.1, 0.15) is 17.7 Å². The molecule has 4 atom stereocenters. The van der Waals surface area contributed by atoms with Crippen LogP contribution in [0.2, 0.25) is 0 Å². The van der Waals surface area contributed by atoms with Crippen molar-refractivity contribution in [1.82, 2.24) is 34.6 Å². The van der Waals surface area contributed by atoms with E-state index in [1.807, 2.05) is 29.3 Å². The average Bonchev–Trinajstić information content (AvgIpc) is 4.06. The Morgan fingerprint density at radius 1 is 0.727 bits per heavy atom. The maximum Gasteiger partial charge on any atom is 0.405 e. The number of primary amides is 1. The topological polar surface area (TPSA) is 154 Å². The number of nitrogens with two attached hydrogens (primary N) is 1. The van der Waals surface area contributed by atoms with E-state index in [0.29, 0.717) is 25.3 Å². The number of likely N-dealkylation sites (tertiary alicyclic amines) is 2. The van der Waals surface area contributed by atoms with Gasteiger partial charge in [-0.2, -0.15) is 0 Å². The first-order valence-corrected chi connectivity index (χ1v) is 19.5. The number of hydrogen-bond donors (Lipinski definition) is 3. The van der Waals surface area contributed by atoms with Crippen LogP contribution in [0.1, 0.15) is 88.2 Å². The lowest BCUT2D eigenvalue weighted by atomic mass is 10.0. The quantitative estimate of drug-likeness (QED) is 0.114.